The first-order valence-corrected chi connectivity index (χ1v) is 10.2. The van der Waals surface area contributed by atoms with Crippen LogP contribution < -0.4 is 5.32 Å². The van der Waals surface area contributed by atoms with E-state index in [-0.39, 0.29) is 5.91 Å². The molecule has 0 saturated heterocycles. The third-order valence-electron chi connectivity index (χ3n) is 3.75. The lowest BCUT2D eigenvalue weighted by Gasteiger charge is -2.09. The zero-order chi connectivity index (χ0) is 18.4. The lowest BCUT2D eigenvalue weighted by Crippen LogP contribution is -2.14. The molecule has 2 aromatic carbocycles. The Morgan fingerprint density at radius 1 is 1.04 bits per heavy atom. The highest BCUT2D eigenvalue weighted by Crippen LogP contribution is 2.28. The Kier molecular flexibility index (Phi) is 6.41. The summed E-state index contributed by atoms with van der Waals surface area (Å²) in [4.78, 5) is 12.7. The van der Waals surface area contributed by atoms with Crippen molar-refractivity contribution in [1.29, 1.82) is 0 Å². The van der Waals surface area contributed by atoms with E-state index in [1.165, 1.54) is 16.9 Å². The topological polar surface area (TPSA) is 54.9 Å². The summed E-state index contributed by atoms with van der Waals surface area (Å²) >= 11 is 3.05. The minimum atomic E-state index is -0.133. The van der Waals surface area contributed by atoms with Crippen LogP contribution in [0.5, 0.6) is 0 Å². The molecule has 1 heterocycles. The quantitative estimate of drug-likeness (QED) is 0.457. The molecule has 134 valence electrons. The maximum atomic E-state index is 12.7. The number of rotatable bonds is 7. The van der Waals surface area contributed by atoms with Gasteiger partial charge in [-0.2, -0.15) is 0 Å². The van der Waals surface area contributed by atoms with Crippen LogP contribution in [0.4, 0.5) is 5.13 Å². The average Bonchev–Trinajstić information content (AvgIpc) is 3.07. The van der Waals surface area contributed by atoms with Crippen LogP contribution in [0.2, 0.25) is 0 Å². The van der Waals surface area contributed by atoms with Gasteiger partial charge in [-0.3, -0.25) is 10.1 Å². The highest BCUT2D eigenvalue weighted by Gasteiger charge is 2.14. The number of carbonyl (C=O) groups is 1. The first-order valence-electron chi connectivity index (χ1n) is 8.55. The standard InChI is InChI=1S/C20H21N3OS2/c1-14(2)25-20-23-22-19(26-20)21-18(24)17-11-7-6-10-16(17)13-12-15-8-4-3-5-9-15/h3-11,14H,12-13H2,1-2H3,(H,21,22,24). The second kappa shape index (κ2) is 8.96. The van der Waals surface area contributed by atoms with E-state index in [1.54, 1.807) is 11.8 Å². The van der Waals surface area contributed by atoms with Gasteiger partial charge in [0.1, 0.15) is 0 Å². The number of amides is 1. The van der Waals surface area contributed by atoms with Crippen LogP contribution >= 0.6 is 23.1 Å². The van der Waals surface area contributed by atoms with Gasteiger partial charge < -0.3 is 0 Å². The Morgan fingerprint density at radius 2 is 1.77 bits per heavy atom. The van der Waals surface area contributed by atoms with E-state index in [0.717, 1.165) is 22.7 Å². The Balaban J connectivity index is 1.68. The predicted octanol–water partition coefficient (Wildman–Crippen LogP) is 5.08. The van der Waals surface area contributed by atoms with Crippen LogP contribution in [-0.2, 0) is 12.8 Å². The molecule has 0 aliphatic rings. The van der Waals surface area contributed by atoms with Gasteiger partial charge in [0.15, 0.2) is 4.34 Å². The maximum absolute atomic E-state index is 12.7. The van der Waals surface area contributed by atoms with Gasteiger partial charge >= 0.3 is 0 Å². The van der Waals surface area contributed by atoms with E-state index in [2.05, 4.69) is 41.5 Å². The molecule has 0 fully saturated rings. The van der Waals surface area contributed by atoms with Gasteiger partial charge in [0.05, 0.1) is 0 Å². The Bertz CT molecular complexity index is 862. The fourth-order valence-corrected chi connectivity index (χ4v) is 4.53. The third kappa shape index (κ3) is 5.16. The van der Waals surface area contributed by atoms with Crippen LogP contribution in [-0.4, -0.2) is 21.4 Å². The zero-order valence-electron chi connectivity index (χ0n) is 14.8. The van der Waals surface area contributed by atoms with Gasteiger partial charge in [-0.05, 0) is 30.0 Å². The fourth-order valence-electron chi connectivity index (χ4n) is 2.56. The van der Waals surface area contributed by atoms with Crippen LogP contribution in [0.15, 0.2) is 58.9 Å². The van der Waals surface area contributed by atoms with E-state index < -0.39 is 0 Å². The summed E-state index contributed by atoms with van der Waals surface area (Å²) in [5.41, 5.74) is 2.99. The molecule has 3 aromatic rings. The van der Waals surface area contributed by atoms with Gasteiger partial charge in [0, 0.05) is 10.8 Å². The molecule has 6 heteroatoms. The Labute approximate surface area is 162 Å². The predicted molar refractivity (Wildman–Crippen MR) is 109 cm³/mol. The average molecular weight is 384 g/mol. The Hall–Kier alpha value is -2.18. The summed E-state index contributed by atoms with van der Waals surface area (Å²) in [5, 5.41) is 12.0. The van der Waals surface area contributed by atoms with Crippen molar-refractivity contribution in [2.75, 3.05) is 5.32 Å². The van der Waals surface area contributed by atoms with Gasteiger partial charge in [-0.25, -0.2) is 0 Å². The molecule has 0 bridgehead atoms. The van der Waals surface area contributed by atoms with Crippen molar-refractivity contribution in [2.45, 2.75) is 36.3 Å². The van der Waals surface area contributed by atoms with E-state index in [1.807, 2.05) is 42.5 Å². The van der Waals surface area contributed by atoms with Crippen molar-refractivity contribution in [3.05, 3.63) is 71.3 Å². The molecule has 26 heavy (non-hydrogen) atoms. The van der Waals surface area contributed by atoms with Crippen LogP contribution in [0.3, 0.4) is 0 Å². The van der Waals surface area contributed by atoms with Gasteiger partial charge in [-0.1, -0.05) is 85.5 Å². The smallest absolute Gasteiger partial charge is 0.257 e. The van der Waals surface area contributed by atoms with Gasteiger partial charge in [0.2, 0.25) is 5.13 Å². The van der Waals surface area contributed by atoms with Gasteiger partial charge in [0.25, 0.3) is 5.91 Å². The number of anilines is 1. The van der Waals surface area contributed by atoms with E-state index in [9.17, 15) is 4.79 Å². The summed E-state index contributed by atoms with van der Waals surface area (Å²) in [6.07, 6.45) is 1.72. The lowest BCUT2D eigenvalue weighted by atomic mass is 9.99. The van der Waals surface area contributed by atoms with Crippen molar-refractivity contribution >= 4 is 34.1 Å². The maximum Gasteiger partial charge on any atom is 0.257 e. The van der Waals surface area contributed by atoms with E-state index >= 15 is 0 Å². The molecule has 4 nitrogen and oxygen atoms in total. The molecular formula is C20H21N3OS2. The molecule has 3 rings (SSSR count). The number of nitrogens with one attached hydrogen (secondary N) is 1. The van der Waals surface area contributed by atoms with Crippen LogP contribution in [0, 0.1) is 0 Å². The molecule has 1 aromatic heterocycles. The normalized spacial score (nSPS) is 10.9. The molecule has 0 unspecified atom stereocenters. The molecule has 1 amide bonds. The van der Waals surface area contributed by atoms with Crippen LogP contribution in [0.1, 0.15) is 35.3 Å². The SMILES string of the molecule is CC(C)Sc1nnc(NC(=O)c2ccccc2CCc2ccccc2)s1. The number of aryl methyl sites for hydroxylation is 2. The highest BCUT2D eigenvalue weighted by atomic mass is 32.2. The van der Waals surface area contributed by atoms with E-state index in [0.29, 0.717) is 15.9 Å². The zero-order valence-corrected chi connectivity index (χ0v) is 16.4. The molecule has 0 spiro atoms. The van der Waals surface area contributed by atoms with Gasteiger partial charge in [-0.15, -0.1) is 10.2 Å². The number of aromatic nitrogens is 2. The summed E-state index contributed by atoms with van der Waals surface area (Å²) in [7, 11) is 0. The number of carbonyl (C=O) groups excluding carboxylic acids is 1. The lowest BCUT2D eigenvalue weighted by molar-refractivity contribution is 0.102. The third-order valence-corrected chi connectivity index (χ3v) is 5.68. The molecule has 0 aliphatic carbocycles. The van der Waals surface area contributed by atoms with Crippen molar-refractivity contribution in [1.82, 2.24) is 10.2 Å². The molecular weight excluding hydrogens is 362 g/mol. The second-order valence-corrected chi connectivity index (χ2v) is 8.94. The van der Waals surface area contributed by atoms with Crippen molar-refractivity contribution in [2.24, 2.45) is 0 Å². The minimum absolute atomic E-state index is 0.133. The number of thioether (sulfide) groups is 1. The first kappa shape index (κ1) is 18.6. The van der Waals surface area contributed by atoms with Crippen molar-refractivity contribution in [3.63, 3.8) is 0 Å². The monoisotopic (exact) mass is 383 g/mol. The second-order valence-electron chi connectivity index (χ2n) is 6.14. The number of benzene rings is 2. The summed E-state index contributed by atoms with van der Waals surface area (Å²) < 4.78 is 0.868. The fraction of sp³-hybridized carbons (Fsp3) is 0.250. The van der Waals surface area contributed by atoms with Crippen molar-refractivity contribution in [3.8, 4) is 0 Å². The van der Waals surface area contributed by atoms with Crippen LogP contribution in [0.25, 0.3) is 0 Å². The van der Waals surface area contributed by atoms with E-state index in [4.69, 9.17) is 0 Å². The first-order chi connectivity index (χ1) is 12.6. The molecule has 0 saturated carbocycles. The molecule has 1 N–H and O–H groups in total. The largest absolute Gasteiger partial charge is 0.296 e. The molecule has 0 atom stereocenters. The minimum Gasteiger partial charge on any atom is -0.296 e. The summed E-state index contributed by atoms with van der Waals surface area (Å²) in [6.45, 7) is 4.21. The highest BCUT2D eigenvalue weighted by molar-refractivity contribution is 8.01. The molecule has 0 radical (unpaired) electrons. The number of nitrogens with zero attached hydrogens (tertiary/aromatic N) is 2. The summed E-state index contributed by atoms with van der Waals surface area (Å²) in [6, 6.07) is 18.0. The number of hydrogen-bond donors (Lipinski definition) is 1. The number of hydrogen-bond acceptors (Lipinski definition) is 5. The summed E-state index contributed by atoms with van der Waals surface area (Å²) in [5.74, 6) is -0.133. The van der Waals surface area contributed by atoms with Crippen molar-refractivity contribution < 1.29 is 4.79 Å². The molecule has 0 aliphatic heterocycles. The Morgan fingerprint density at radius 3 is 2.54 bits per heavy atom.